The van der Waals surface area contributed by atoms with Crippen LogP contribution in [-0.4, -0.2) is 37.2 Å². The Morgan fingerprint density at radius 2 is 2.10 bits per heavy atom. The van der Waals surface area contributed by atoms with E-state index < -0.39 is 6.04 Å². The average molecular weight is 361 g/mol. The molecule has 0 saturated heterocycles. The summed E-state index contributed by atoms with van der Waals surface area (Å²) in [5.74, 6) is 1.97. The van der Waals surface area contributed by atoms with Gasteiger partial charge in [-0.15, -0.1) is 0 Å². The maximum Gasteiger partial charge on any atom is 0.241 e. The molecule has 2 rings (SSSR count). The van der Waals surface area contributed by atoms with E-state index in [4.69, 9.17) is 15.2 Å². The molecular weight excluding hydrogens is 344 g/mol. The molecular formula is C13H17BrN2O3S. The van der Waals surface area contributed by atoms with E-state index in [1.54, 1.807) is 23.9 Å². The number of carbonyl (C=O) groups is 1. The van der Waals surface area contributed by atoms with Gasteiger partial charge in [0.15, 0.2) is 11.5 Å². The Labute approximate surface area is 130 Å². The summed E-state index contributed by atoms with van der Waals surface area (Å²) in [6.07, 6.45) is 2.64. The van der Waals surface area contributed by atoms with Crippen molar-refractivity contribution in [2.75, 3.05) is 30.5 Å². The third-order valence-corrected chi connectivity index (χ3v) is 4.16. The summed E-state index contributed by atoms with van der Waals surface area (Å²) >= 11 is 5.08. The Hall–Kier alpha value is -0.920. The summed E-state index contributed by atoms with van der Waals surface area (Å²) in [5.41, 5.74) is 6.48. The molecule has 0 aromatic heterocycles. The highest BCUT2D eigenvalue weighted by atomic mass is 79.9. The second kappa shape index (κ2) is 7.19. The molecule has 0 spiro atoms. The molecule has 7 heteroatoms. The van der Waals surface area contributed by atoms with Crippen molar-refractivity contribution in [2.24, 2.45) is 5.73 Å². The molecule has 1 aliphatic heterocycles. The highest BCUT2D eigenvalue weighted by molar-refractivity contribution is 9.10. The number of benzene rings is 1. The zero-order valence-electron chi connectivity index (χ0n) is 11.1. The summed E-state index contributed by atoms with van der Waals surface area (Å²) in [6, 6.07) is 3.03. The molecule has 1 amide bonds. The number of carbonyl (C=O) groups excluding carboxylic acids is 1. The Bertz CT molecular complexity index is 499. The molecule has 1 atom stereocenters. The molecule has 110 valence electrons. The van der Waals surface area contributed by atoms with E-state index in [0.717, 1.165) is 10.2 Å². The van der Waals surface area contributed by atoms with Gasteiger partial charge in [-0.05, 0) is 34.4 Å². The van der Waals surface area contributed by atoms with Gasteiger partial charge in [0.25, 0.3) is 0 Å². The maximum atomic E-state index is 12.0. The van der Waals surface area contributed by atoms with Gasteiger partial charge in [-0.1, -0.05) is 0 Å². The van der Waals surface area contributed by atoms with Crippen LogP contribution in [0.15, 0.2) is 16.6 Å². The Balaban J connectivity index is 2.07. The summed E-state index contributed by atoms with van der Waals surface area (Å²) in [6.45, 7) is 1.04. The molecule has 5 nitrogen and oxygen atoms in total. The lowest BCUT2D eigenvalue weighted by Gasteiger charge is -2.20. The van der Waals surface area contributed by atoms with E-state index in [2.05, 4.69) is 21.2 Å². The van der Waals surface area contributed by atoms with Crippen LogP contribution < -0.4 is 20.5 Å². The normalized spacial score (nSPS) is 14.8. The number of halogens is 1. The van der Waals surface area contributed by atoms with Gasteiger partial charge in [-0.3, -0.25) is 4.79 Å². The molecule has 0 radical (unpaired) electrons. The van der Waals surface area contributed by atoms with Gasteiger partial charge in [0.2, 0.25) is 5.91 Å². The standard InChI is InChI=1S/C13H17BrN2O3S/c1-20-5-2-9(15)13(17)16-10-7-12-11(6-8(10)14)18-3-4-19-12/h6-7,9H,2-5,15H2,1H3,(H,16,17)/t9-/m0/s1. The summed E-state index contributed by atoms with van der Waals surface area (Å²) < 4.78 is 11.7. The van der Waals surface area contributed by atoms with Crippen LogP contribution in [0.25, 0.3) is 0 Å². The van der Waals surface area contributed by atoms with Crippen LogP contribution in [0.5, 0.6) is 11.5 Å². The molecule has 0 unspecified atom stereocenters. The van der Waals surface area contributed by atoms with Crippen molar-refractivity contribution in [1.82, 2.24) is 0 Å². The Morgan fingerprint density at radius 1 is 1.45 bits per heavy atom. The zero-order valence-corrected chi connectivity index (χ0v) is 13.6. The first-order chi connectivity index (χ1) is 9.61. The first kappa shape index (κ1) is 15.5. The number of fused-ring (bicyclic) bond motifs is 1. The fourth-order valence-electron chi connectivity index (χ4n) is 1.76. The van der Waals surface area contributed by atoms with Crippen LogP contribution in [0.3, 0.4) is 0 Å². The average Bonchev–Trinajstić information content (AvgIpc) is 2.45. The monoisotopic (exact) mass is 360 g/mol. The third kappa shape index (κ3) is 3.80. The van der Waals surface area contributed by atoms with Crippen LogP contribution in [0, 0.1) is 0 Å². The van der Waals surface area contributed by atoms with Gasteiger partial charge in [0.05, 0.1) is 11.7 Å². The zero-order chi connectivity index (χ0) is 14.5. The minimum atomic E-state index is -0.512. The number of hydrogen-bond donors (Lipinski definition) is 2. The van der Waals surface area contributed by atoms with Gasteiger partial charge in [-0.2, -0.15) is 11.8 Å². The quantitative estimate of drug-likeness (QED) is 0.842. The number of hydrogen-bond acceptors (Lipinski definition) is 5. The summed E-state index contributed by atoms with van der Waals surface area (Å²) in [4.78, 5) is 12.0. The van der Waals surface area contributed by atoms with E-state index in [9.17, 15) is 4.79 Å². The lowest BCUT2D eigenvalue weighted by Crippen LogP contribution is -2.36. The number of anilines is 1. The van der Waals surface area contributed by atoms with Crippen molar-refractivity contribution in [3.05, 3.63) is 16.6 Å². The molecule has 1 aromatic carbocycles. The van der Waals surface area contributed by atoms with Crippen molar-refractivity contribution < 1.29 is 14.3 Å². The van der Waals surface area contributed by atoms with Gasteiger partial charge < -0.3 is 20.5 Å². The predicted octanol–water partition coefficient (Wildman–Crippen LogP) is 2.24. The van der Waals surface area contributed by atoms with Crippen LogP contribution in [0.2, 0.25) is 0 Å². The van der Waals surface area contributed by atoms with E-state index in [0.29, 0.717) is 36.8 Å². The lowest BCUT2D eigenvalue weighted by molar-refractivity contribution is -0.117. The molecule has 0 fully saturated rings. The predicted molar refractivity (Wildman–Crippen MR) is 84.7 cm³/mol. The maximum absolute atomic E-state index is 12.0. The van der Waals surface area contributed by atoms with Crippen molar-refractivity contribution >= 4 is 39.3 Å². The minimum Gasteiger partial charge on any atom is -0.486 e. The third-order valence-electron chi connectivity index (χ3n) is 2.86. The molecule has 0 bridgehead atoms. The first-order valence-corrected chi connectivity index (χ1v) is 8.45. The van der Waals surface area contributed by atoms with E-state index in [-0.39, 0.29) is 5.91 Å². The summed E-state index contributed by atoms with van der Waals surface area (Å²) in [5, 5.41) is 2.81. The largest absolute Gasteiger partial charge is 0.486 e. The molecule has 1 aromatic rings. The SMILES string of the molecule is CSCC[C@H](N)C(=O)Nc1cc2c(cc1Br)OCCO2. The Morgan fingerprint density at radius 3 is 2.75 bits per heavy atom. The lowest BCUT2D eigenvalue weighted by atomic mass is 10.2. The first-order valence-electron chi connectivity index (χ1n) is 6.26. The van der Waals surface area contributed by atoms with Crippen LogP contribution in [0.4, 0.5) is 5.69 Å². The molecule has 0 aliphatic carbocycles. The highest BCUT2D eigenvalue weighted by Crippen LogP contribution is 2.38. The molecule has 0 saturated carbocycles. The summed E-state index contributed by atoms with van der Waals surface area (Å²) in [7, 11) is 0. The smallest absolute Gasteiger partial charge is 0.241 e. The number of rotatable bonds is 5. The van der Waals surface area contributed by atoms with Crippen LogP contribution >= 0.6 is 27.7 Å². The van der Waals surface area contributed by atoms with Crippen LogP contribution in [0.1, 0.15) is 6.42 Å². The van der Waals surface area contributed by atoms with Gasteiger partial charge in [0.1, 0.15) is 13.2 Å². The van der Waals surface area contributed by atoms with Crippen molar-refractivity contribution in [3.63, 3.8) is 0 Å². The van der Waals surface area contributed by atoms with E-state index in [1.165, 1.54) is 0 Å². The molecule has 3 N–H and O–H groups in total. The van der Waals surface area contributed by atoms with Gasteiger partial charge in [-0.25, -0.2) is 0 Å². The number of amides is 1. The van der Waals surface area contributed by atoms with Gasteiger partial charge >= 0.3 is 0 Å². The van der Waals surface area contributed by atoms with Crippen molar-refractivity contribution in [2.45, 2.75) is 12.5 Å². The second-order valence-corrected chi connectivity index (χ2v) is 6.19. The van der Waals surface area contributed by atoms with E-state index >= 15 is 0 Å². The number of nitrogens with two attached hydrogens (primary N) is 1. The van der Waals surface area contributed by atoms with Crippen molar-refractivity contribution in [1.29, 1.82) is 0 Å². The second-order valence-electron chi connectivity index (χ2n) is 4.35. The Kier molecular flexibility index (Phi) is 5.56. The molecule has 1 aliphatic rings. The fourth-order valence-corrected chi connectivity index (χ4v) is 2.67. The number of nitrogens with one attached hydrogen (secondary N) is 1. The number of thioether (sulfide) groups is 1. The number of ether oxygens (including phenoxy) is 2. The molecule has 1 heterocycles. The molecule has 20 heavy (non-hydrogen) atoms. The highest BCUT2D eigenvalue weighted by Gasteiger charge is 2.18. The van der Waals surface area contributed by atoms with Crippen LogP contribution in [-0.2, 0) is 4.79 Å². The van der Waals surface area contributed by atoms with Crippen molar-refractivity contribution in [3.8, 4) is 11.5 Å². The van der Waals surface area contributed by atoms with Gasteiger partial charge in [0, 0.05) is 16.6 Å². The topological polar surface area (TPSA) is 73.6 Å². The minimum absolute atomic E-state index is 0.198. The fraction of sp³-hybridized carbons (Fsp3) is 0.462. The van der Waals surface area contributed by atoms with E-state index in [1.807, 2.05) is 6.26 Å².